The number of ether oxygens (including phenoxy) is 1. The number of likely N-dealkylation sites (tertiary alicyclic amines) is 1. The molecule has 3 aliphatic rings. The van der Waals surface area contributed by atoms with Crippen molar-refractivity contribution in [2.45, 2.75) is 43.7 Å². The summed E-state index contributed by atoms with van der Waals surface area (Å²) in [5.41, 5.74) is 5.28. The maximum atomic E-state index is 12.4. The van der Waals surface area contributed by atoms with Crippen LogP contribution in [-0.2, 0) is 14.3 Å². The molecule has 1 saturated carbocycles. The zero-order valence-corrected chi connectivity index (χ0v) is 11.8. The Labute approximate surface area is 119 Å². The second kappa shape index (κ2) is 5.33. The SMILES string of the molecule is NC1(C(=O)N2CCC(NC(=O)C3CC3)CC2)CCOC1. The monoisotopic (exact) mass is 281 g/mol. The van der Waals surface area contributed by atoms with Gasteiger partial charge in [0.05, 0.1) is 6.61 Å². The van der Waals surface area contributed by atoms with E-state index in [0.717, 1.165) is 25.7 Å². The van der Waals surface area contributed by atoms with Crippen LogP contribution in [0.1, 0.15) is 32.1 Å². The van der Waals surface area contributed by atoms with E-state index in [1.807, 2.05) is 4.90 Å². The van der Waals surface area contributed by atoms with Crippen molar-refractivity contribution in [3.05, 3.63) is 0 Å². The molecule has 0 spiro atoms. The van der Waals surface area contributed by atoms with Gasteiger partial charge in [0.15, 0.2) is 0 Å². The molecule has 1 unspecified atom stereocenters. The fraction of sp³-hybridized carbons (Fsp3) is 0.857. The summed E-state index contributed by atoms with van der Waals surface area (Å²) in [6, 6.07) is 0.209. The number of nitrogens with two attached hydrogens (primary N) is 1. The highest BCUT2D eigenvalue weighted by molar-refractivity contribution is 5.87. The first-order valence-electron chi connectivity index (χ1n) is 7.55. The predicted molar refractivity (Wildman–Crippen MR) is 72.8 cm³/mol. The number of amides is 2. The number of nitrogens with zero attached hydrogens (tertiary/aromatic N) is 1. The first-order valence-corrected chi connectivity index (χ1v) is 7.55. The molecule has 0 aromatic heterocycles. The average Bonchev–Trinajstić information content (AvgIpc) is 3.21. The molecule has 3 fully saturated rings. The standard InChI is InChI=1S/C14H23N3O3/c15-14(5-8-20-9-14)13(19)17-6-3-11(4-7-17)16-12(18)10-1-2-10/h10-11H,1-9,15H2,(H,16,18). The van der Waals surface area contributed by atoms with Crippen LogP contribution in [0, 0.1) is 5.92 Å². The molecule has 3 rings (SSSR count). The first-order chi connectivity index (χ1) is 9.58. The quantitative estimate of drug-likeness (QED) is 0.738. The molecule has 1 aliphatic carbocycles. The summed E-state index contributed by atoms with van der Waals surface area (Å²) in [4.78, 5) is 26.0. The van der Waals surface area contributed by atoms with Crippen molar-refractivity contribution in [3.8, 4) is 0 Å². The predicted octanol–water partition coefficient (Wildman–Crippen LogP) is -0.379. The Kier molecular flexibility index (Phi) is 3.69. The zero-order chi connectivity index (χ0) is 14.2. The van der Waals surface area contributed by atoms with Crippen LogP contribution in [0.5, 0.6) is 0 Å². The molecule has 2 heterocycles. The van der Waals surface area contributed by atoms with Crippen LogP contribution in [0.2, 0.25) is 0 Å². The molecule has 0 aromatic rings. The Hall–Kier alpha value is -1.14. The number of carbonyl (C=O) groups excluding carboxylic acids is 2. The molecule has 2 saturated heterocycles. The molecular weight excluding hydrogens is 258 g/mol. The number of hydrogen-bond donors (Lipinski definition) is 2. The van der Waals surface area contributed by atoms with Crippen LogP contribution in [0.25, 0.3) is 0 Å². The normalized spacial score (nSPS) is 31.4. The van der Waals surface area contributed by atoms with E-state index in [9.17, 15) is 9.59 Å². The van der Waals surface area contributed by atoms with Gasteiger partial charge < -0.3 is 20.7 Å². The largest absolute Gasteiger partial charge is 0.379 e. The van der Waals surface area contributed by atoms with Gasteiger partial charge in [-0.15, -0.1) is 0 Å². The Morgan fingerprint density at radius 1 is 1.20 bits per heavy atom. The lowest BCUT2D eigenvalue weighted by molar-refractivity contribution is -0.138. The molecule has 112 valence electrons. The number of piperidine rings is 1. The molecule has 2 amide bonds. The lowest BCUT2D eigenvalue weighted by Crippen LogP contribution is -2.58. The third-order valence-corrected chi connectivity index (χ3v) is 4.55. The van der Waals surface area contributed by atoms with E-state index in [4.69, 9.17) is 10.5 Å². The van der Waals surface area contributed by atoms with E-state index in [1.165, 1.54) is 0 Å². The first kappa shape index (κ1) is 13.8. The minimum Gasteiger partial charge on any atom is -0.379 e. The number of carbonyl (C=O) groups is 2. The summed E-state index contributed by atoms with van der Waals surface area (Å²) in [5, 5.41) is 3.09. The summed E-state index contributed by atoms with van der Waals surface area (Å²) in [6.45, 7) is 2.24. The summed E-state index contributed by atoms with van der Waals surface area (Å²) < 4.78 is 5.25. The van der Waals surface area contributed by atoms with Gasteiger partial charge in [0.25, 0.3) is 0 Å². The molecule has 1 atom stereocenters. The van der Waals surface area contributed by atoms with Crippen LogP contribution in [0.4, 0.5) is 0 Å². The number of hydrogen-bond acceptors (Lipinski definition) is 4. The molecule has 0 bridgehead atoms. The van der Waals surface area contributed by atoms with Gasteiger partial charge in [-0.05, 0) is 32.1 Å². The fourth-order valence-electron chi connectivity index (χ4n) is 2.96. The number of rotatable bonds is 3. The van der Waals surface area contributed by atoms with E-state index in [-0.39, 0.29) is 23.8 Å². The minimum absolute atomic E-state index is 0.00182. The van der Waals surface area contributed by atoms with Crippen molar-refractivity contribution in [1.82, 2.24) is 10.2 Å². The van der Waals surface area contributed by atoms with Gasteiger partial charge in [-0.2, -0.15) is 0 Å². The van der Waals surface area contributed by atoms with Crippen LogP contribution in [-0.4, -0.2) is 54.6 Å². The van der Waals surface area contributed by atoms with Gasteiger partial charge >= 0.3 is 0 Å². The smallest absolute Gasteiger partial charge is 0.245 e. The van der Waals surface area contributed by atoms with Gasteiger partial charge in [-0.1, -0.05) is 0 Å². The van der Waals surface area contributed by atoms with Crippen LogP contribution in [0.15, 0.2) is 0 Å². The fourth-order valence-corrected chi connectivity index (χ4v) is 2.96. The highest BCUT2D eigenvalue weighted by atomic mass is 16.5. The molecular formula is C14H23N3O3. The maximum absolute atomic E-state index is 12.4. The molecule has 6 heteroatoms. The average molecular weight is 281 g/mol. The third kappa shape index (κ3) is 2.81. The van der Waals surface area contributed by atoms with E-state index in [1.54, 1.807) is 0 Å². The number of nitrogens with one attached hydrogen (secondary N) is 1. The molecule has 0 aromatic carbocycles. The second-order valence-corrected chi connectivity index (χ2v) is 6.31. The molecule has 2 aliphatic heterocycles. The second-order valence-electron chi connectivity index (χ2n) is 6.31. The van der Waals surface area contributed by atoms with Crippen LogP contribution < -0.4 is 11.1 Å². The van der Waals surface area contributed by atoms with Crippen molar-refractivity contribution in [1.29, 1.82) is 0 Å². The van der Waals surface area contributed by atoms with E-state index in [2.05, 4.69) is 5.32 Å². The molecule has 6 nitrogen and oxygen atoms in total. The Morgan fingerprint density at radius 2 is 1.90 bits per heavy atom. The third-order valence-electron chi connectivity index (χ3n) is 4.55. The van der Waals surface area contributed by atoms with Crippen molar-refractivity contribution in [3.63, 3.8) is 0 Å². The van der Waals surface area contributed by atoms with Crippen LogP contribution >= 0.6 is 0 Å². The van der Waals surface area contributed by atoms with Gasteiger partial charge in [0, 0.05) is 31.7 Å². The van der Waals surface area contributed by atoms with Gasteiger partial charge in [0.1, 0.15) is 5.54 Å². The summed E-state index contributed by atoms with van der Waals surface area (Å²) in [7, 11) is 0. The molecule has 0 radical (unpaired) electrons. The highest BCUT2D eigenvalue weighted by Gasteiger charge is 2.42. The topological polar surface area (TPSA) is 84.7 Å². The summed E-state index contributed by atoms with van der Waals surface area (Å²) >= 11 is 0. The van der Waals surface area contributed by atoms with Gasteiger partial charge in [0.2, 0.25) is 11.8 Å². The van der Waals surface area contributed by atoms with Gasteiger partial charge in [-0.25, -0.2) is 0 Å². The summed E-state index contributed by atoms with van der Waals surface area (Å²) in [6.07, 6.45) is 4.30. The van der Waals surface area contributed by atoms with Crippen molar-refractivity contribution in [2.24, 2.45) is 11.7 Å². The highest BCUT2D eigenvalue weighted by Crippen LogP contribution is 2.29. The van der Waals surface area contributed by atoms with Crippen LogP contribution in [0.3, 0.4) is 0 Å². The van der Waals surface area contributed by atoms with Crippen molar-refractivity contribution < 1.29 is 14.3 Å². The lowest BCUT2D eigenvalue weighted by atomic mass is 9.96. The lowest BCUT2D eigenvalue weighted by Gasteiger charge is -2.36. The van der Waals surface area contributed by atoms with E-state index < -0.39 is 5.54 Å². The Balaban J connectivity index is 1.48. The Bertz CT molecular complexity index is 394. The summed E-state index contributed by atoms with van der Waals surface area (Å²) in [5.74, 6) is 0.439. The zero-order valence-electron chi connectivity index (χ0n) is 11.8. The van der Waals surface area contributed by atoms with Gasteiger partial charge in [-0.3, -0.25) is 9.59 Å². The minimum atomic E-state index is -0.829. The van der Waals surface area contributed by atoms with E-state index in [0.29, 0.717) is 32.7 Å². The van der Waals surface area contributed by atoms with E-state index >= 15 is 0 Å². The van der Waals surface area contributed by atoms with Crippen molar-refractivity contribution >= 4 is 11.8 Å². The maximum Gasteiger partial charge on any atom is 0.245 e. The molecule has 3 N–H and O–H groups in total. The van der Waals surface area contributed by atoms with Crippen molar-refractivity contribution in [2.75, 3.05) is 26.3 Å². The molecule has 20 heavy (non-hydrogen) atoms. The Morgan fingerprint density at radius 3 is 2.45 bits per heavy atom.